The lowest BCUT2D eigenvalue weighted by molar-refractivity contribution is -0.138. The maximum atomic E-state index is 12.8. The van der Waals surface area contributed by atoms with E-state index in [4.69, 9.17) is 18.6 Å². The lowest BCUT2D eigenvalue weighted by Gasteiger charge is -2.27. The summed E-state index contributed by atoms with van der Waals surface area (Å²) in [6, 6.07) is 7.79. The van der Waals surface area contributed by atoms with Crippen molar-refractivity contribution in [3.8, 4) is 11.1 Å². The van der Waals surface area contributed by atoms with Gasteiger partial charge in [-0.15, -0.1) is 0 Å². The Bertz CT molecular complexity index is 1430. The van der Waals surface area contributed by atoms with Gasteiger partial charge in [0.15, 0.2) is 5.76 Å². The Kier molecular flexibility index (Phi) is 8.97. The predicted octanol–water partition coefficient (Wildman–Crippen LogP) is 6.24. The molecule has 9 heteroatoms. The van der Waals surface area contributed by atoms with Crippen LogP contribution in [0.5, 0.6) is 0 Å². The standard InChI is InChI=1S/C31H40N2O7/c1-17-10-12-20(13-11-17)26-22(16-32-28(36)40-31(7,8)9)23(15-30(4,5)6)33-18(2)25(26)21(27(34)35)14-24-19(3)38-29(37)39-24/h10-13,21H,14-16H2,1-9H3,(H,32,36)(H,34,35). The van der Waals surface area contributed by atoms with Crippen molar-refractivity contribution in [2.24, 2.45) is 5.41 Å². The van der Waals surface area contributed by atoms with Crippen molar-refractivity contribution in [3.05, 3.63) is 74.5 Å². The summed E-state index contributed by atoms with van der Waals surface area (Å²) in [5, 5.41) is 13.3. The van der Waals surface area contributed by atoms with E-state index >= 15 is 0 Å². The van der Waals surface area contributed by atoms with E-state index in [1.807, 2.05) is 31.2 Å². The molecule has 216 valence electrons. The molecule has 3 aromatic rings. The molecule has 1 unspecified atom stereocenters. The largest absolute Gasteiger partial charge is 0.519 e. The number of aromatic nitrogens is 1. The molecule has 1 amide bonds. The zero-order chi connectivity index (χ0) is 30.0. The van der Waals surface area contributed by atoms with Crippen LogP contribution in [-0.4, -0.2) is 27.8 Å². The number of carbonyl (C=O) groups is 2. The van der Waals surface area contributed by atoms with Crippen molar-refractivity contribution < 1.29 is 28.3 Å². The number of carbonyl (C=O) groups excluding carboxylic acids is 1. The van der Waals surface area contributed by atoms with Gasteiger partial charge in [0.25, 0.3) is 0 Å². The number of benzene rings is 1. The van der Waals surface area contributed by atoms with Crippen molar-refractivity contribution >= 4 is 12.1 Å². The molecule has 0 aliphatic carbocycles. The van der Waals surface area contributed by atoms with Crippen LogP contribution in [0.3, 0.4) is 0 Å². The van der Waals surface area contributed by atoms with Crippen LogP contribution in [0.15, 0.2) is 37.9 Å². The lowest BCUT2D eigenvalue weighted by Crippen LogP contribution is -2.33. The van der Waals surface area contributed by atoms with Crippen LogP contribution in [0.1, 0.15) is 87.1 Å². The second kappa shape index (κ2) is 11.7. The number of rotatable bonds is 8. The zero-order valence-corrected chi connectivity index (χ0v) is 24.9. The second-order valence-corrected chi connectivity index (χ2v) is 12.4. The Morgan fingerprint density at radius 1 is 1.02 bits per heavy atom. The highest BCUT2D eigenvalue weighted by Crippen LogP contribution is 2.39. The van der Waals surface area contributed by atoms with Crippen molar-refractivity contribution in [1.82, 2.24) is 10.3 Å². The van der Waals surface area contributed by atoms with E-state index in [9.17, 15) is 19.5 Å². The molecular formula is C31H40N2O7. The number of aryl methyl sites for hydroxylation is 3. The normalized spacial score (nSPS) is 12.7. The van der Waals surface area contributed by atoms with Gasteiger partial charge in [-0.1, -0.05) is 50.6 Å². The summed E-state index contributed by atoms with van der Waals surface area (Å²) in [7, 11) is 0. The van der Waals surface area contributed by atoms with Crippen LogP contribution < -0.4 is 11.1 Å². The van der Waals surface area contributed by atoms with E-state index in [0.717, 1.165) is 16.8 Å². The third-order valence-corrected chi connectivity index (χ3v) is 6.33. The summed E-state index contributed by atoms with van der Waals surface area (Å²) in [6.07, 6.45) is -0.103. The van der Waals surface area contributed by atoms with Gasteiger partial charge in [0, 0.05) is 29.9 Å². The molecule has 9 nitrogen and oxygen atoms in total. The summed E-state index contributed by atoms with van der Waals surface area (Å²) < 4.78 is 15.7. The number of ether oxygens (including phenoxy) is 1. The van der Waals surface area contributed by atoms with Crippen LogP contribution in [0, 0.1) is 26.2 Å². The molecule has 2 N–H and O–H groups in total. The fourth-order valence-corrected chi connectivity index (χ4v) is 4.67. The van der Waals surface area contributed by atoms with Crippen LogP contribution in [0.4, 0.5) is 4.79 Å². The summed E-state index contributed by atoms with van der Waals surface area (Å²) in [4.78, 5) is 42.1. The van der Waals surface area contributed by atoms with E-state index in [1.165, 1.54) is 0 Å². The Hall–Kier alpha value is -3.88. The smallest absolute Gasteiger partial charge is 0.481 e. The highest BCUT2D eigenvalue weighted by molar-refractivity contribution is 5.84. The van der Waals surface area contributed by atoms with E-state index in [1.54, 1.807) is 34.6 Å². The first kappa shape index (κ1) is 30.7. The number of carboxylic acids is 1. The van der Waals surface area contributed by atoms with Crippen LogP contribution >= 0.6 is 0 Å². The Morgan fingerprint density at radius 3 is 2.15 bits per heavy atom. The molecule has 2 heterocycles. The quantitative estimate of drug-likeness (QED) is 0.335. The van der Waals surface area contributed by atoms with Crippen molar-refractivity contribution in [2.45, 2.75) is 93.2 Å². The minimum absolute atomic E-state index is 0.0793. The number of alkyl carbamates (subject to hydrolysis) is 1. The van der Waals surface area contributed by atoms with Gasteiger partial charge in [0.05, 0.1) is 5.92 Å². The average Bonchev–Trinajstić information content (AvgIpc) is 3.11. The molecule has 0 aliphatic rings. The maximum absolute atomic E-state index is 12.8. The topological polar surface area (TPSA) is 132 Å². The molecule has 3 rings (SSSR count). The van der Waals surface area contributed by atoms with Crippen molar-refractivity contribution in [3.63, 3.8) is 0 Å². The Labute approximate surface area is 235 Å². The monoisotopic (exact) mass is 552 g/mol. The first-order valence-corrected chi connectivity index (χ1v) is 13.3. The average molecular weight is 553 g/mol. The third kappa shape index (κ3) is 7.83. The highest BCUT2D eigenvalue weighted by Gasteiger charge is 2.32. The van der Waals surface area contributed by atoms with Gasteiger partial charge in [-0.25, -0.2) is 9.59 Å². The number of hydrogen-bond acceptors (Lipinski definition) is 7. The molecule has 40 heavy (non-hydrogen) atoms. The lowest BCUT2D eigenvalue weighted by atomic mass is 9.81. The highest BCUT2D eigenvalue weighted by atomic mass is 16.6. The van der Waals surface area contributed by atoms with E-state index in [-0.39, 0.29) is 29.9 Å². The molecule has 0 spiro atoms. The molecular weight excluding hydrogens is 512 g/mol. The second-order valence-electron chi connectivity index (χ2n) is 12.4. The molecule has 0 aliphatic heterocycles. The number of aliphatic carboxylic acids is 1. The molecule has 0 bridgehead atoms. The first-order valence-electron chi connectivity index (χ1n) is 13.3. The number of nitrogens with one attached hydrogen (secondary N) is 1. The van der Waals surface area contributed by atoms with E-state index < -0.39 is 29.4 Å². The summed E-state index contributed by atoms with van der Waals surface area (Å²) in [6.45, 7) is 17.1. The van der Waals surface area contributed by atoms with Gasteiger partial charge in [-0.2, -0.15) is 0 Å². The third-order valence-electron chi connectivity index (χ3n) is 6.33. The zero-order valence-electron chi connectivity index (χ0n) is 24.9. The fourth-order valence-electron chi connectivity index (χ4n) is 4.67. The Balaban J connectivity index is 2.31. The number of amides is 1. The molecule has 2 aromatic heterocycles. The SMILES string of the molecule is Cc1ccc(-c2c(CNC(=O)OC(C)(C)C)c(CC(C)(C)C)nc(C)c2C(Cc2oc(=O)oc2C)C(=O)O)cc1. The first-order chi connectivity index (χ1) is 18.4. The minimum atomic E-state index is -1.10. The molecule has 0 fully saturated rings. The van der Waals surface area contributed by atoms with Gasteiger partial charge < -0.3 is 24.0 Å². The van der Waals surface area contributed by atoms with Gasteiger partial charge in [0.2, 0.25) is 0 Å². The fraction of sp³-hybridized carbons (Fsp3) is 0.484. The Morgan fingerprint density at radius 2 is 1.65 bits per heavy atom. The number of carboxylic acid groups (broad SMARTS) is 1. The van der Waals surface area contributed by atoms with Crippen LogP contribution in [0.25, 0.3) is 11.1 Å². The van der Waals surface area contributed by atoms with Crippen LogP contribution in [0.2, 0.25) is 0 Å². The number of pyridine rings is 1. The van der Waals surface area contributed by atoms with E-state index in [0.29, 0.717) is 28.8 Å². The van der Waals surface area contributed by atoms with Gasteiger partial charge >= 0.3 is 17.9 Å². The minimum Gasteiger partial charge on any atom is -0.481 e. The number of hydrogen-bond donors (Lipinski definition) is 2. The number of nitrogens with zero attached hydrogens (tertiary/aromatic N) is 1. The maximum Gasteiger partial charge on any atom is 0.519 e. The summed E-state index contributed by atoms with van der Waals surface area (Å²) in [5.41, 5.74) is 4.19. The summed E-state index contributed by atoms with van der Waals surface area (Å²) in [5.74, 6) is -2.69. The van der Waals surface area contributed by atoms with Crippen molar-refractivity contribution in [1.29, 1.82) is 0 Å². The predicted molar refractivity (Wildman–Crippen MR) is 151 cm³/mol. The summed E-state index contributed by atoms with van der Waals surface area (Å²) >= 11 is 0. The van der Waals surface area contributed by atoms with Gasteiger partial charge in [-0.3, -0.25) is 9.78 Å². The van der Waals surface area contributed by atoms with Crippen molar-refractivity contribution in [2.75, 3.05) is 0 Å². The van der Waals surface area contributed by atoms with E-state index in [2.05, 4.69) is 26.1 Å². The van der Waals surface area contributed by atoms with Gasteiger partial charge in [-0.05, 0) is 70.1 Å². The molecule has 1 aromatic carbocycles. The van der Waals surface area contributed by atoms with Gasteiger partial charge in [0.1, 0.15) is 11.4 Å². The molecule has 0 radical (unpaired) electrons. The van der Waals surface area contributed by atoms with Crippen LogP contribution in [-0.2, 0) is 28.9 Å². The molecule has 1 atom stereocenters. The molecule has 0 saturated carbocycles. The molecule has 0 saturated heterocycles.